The lowest BCUT2D eigenvalue weighted by Gasteiger charge is -2.38. The van der Waals surface area contributed by atoms with Crippen molar-refractivity contribution < 1.29 is 57.1 Å². The first kappa shape index (κ1) is 29.7. The Bertz CT molecular complexity index is 732. The Morgan fingerprint density at radius 3 is 1.28 bits per heavy atom. The molecule has 0 radical (unpaired) electrons. The van der Waals surface area contributed by atoms with Crippen LogP contribution in [-0.4, -0.2) is 86.3 Å². The molecule has 0 aliphatic carbocycles. The molecule has 2 fully saturated rings. The van der Waals surface area contributed by atoms with Crippen LogP contribution in [0.4, 0.5) is 0 Å². The maximum absolute atomic E-state index is 11.5. The standard InChI is InChI=1S/C24H36O12/c1-13-23(35-17(5)27)19(33-15(3)25)11-21(31-13)29-9-7-8-10-30-22-12-20(34-16(4)26)24(14(2)32-22)36-18(6)28/h7-8,13-14,19-24H,9-12H2,1-6H3/b8-7+/t13-,14-,19-,20-,21+,22+,23-,24-/m0/s1. The smallest absolute Gasteiger partial charge is 0.303 e. The molecular weight excluding hydrogens is 480 g/mol. The van der Waals surface area contributed by atoms with Crippen LogP contribution in [0.1, 0.15) is 54.4 Å². The van der Waals surface area contributed by atoms with Gasteiger partial charge in [-0.15, -0.1) is 0 Å². The summed E-state index contributed by atoms with van der Waals surface area (Å²) in [6.07, 6.45) is -1.31. The van der Waals surface area contributed by atoms with Gasteiger partial charge in [0, 0.05) is 40.5 Å². The molecule has 0 spiro atoms. The van der Waals surface area contributed by atoms with E-state index in [0.717, 1.165) is 0 Å². The second-order valence-corrected chi connectivity index (χ2v) is 8.59. The molecule has 2 aliphatic rings. The van der Waals surface area contributed by atoms with Crippen LogP contribution < -0.4 is 0 Å². The maximum atomic E-state index is 11.5. The summed E-state index contributed by atoms with van der Waals surface area (Å²) < 4.78 is 44.0. The summed E-state index contributed by atoms with van der Waals surface area (Å²) in [6, 6.07) is 0. The van der Waals surface area contributed by atoms with Gasteiger partial charge < -0.3 is 37.9 Å². The molecule has 12 nitrogen and oxygen atoms in total. The Kier molecular flexibility index (Phi) is 11.8. The van der Waals surface area contributed by atoms with Gasteiger partial charge in [-0.3, -0.25) is 19.2 Å². The lowest BCUT2D eigenvalue weighted by atomic mass is 10.0. The van der Waals surface area contributed by atoms with Crippen molar-refractivity contribution in [2.75, 3.05) is 13.2 Å². The molecule has 12 heteroatoms. The quantitative estimate of drug-likeness (QED) is 0.236. The lowest BCUT2D eigenvalue weighted by molar-refractivity contribution is -0.253. The summed E-state index contributed by atoms with van der Waals surface area (Å²) in [6.45, 7) is 8.93. The minimum absolute atomic E-state index is 0.193. The first-order chi connectivity index (χ1) is 17.0. The van der Waals surface area contributed by atoms with Crippen molar-refractivity contribution in [2.45, 2.75) is 104 Å². The molecule has 0 aromatic heterocycles. The molecule has 36 heavy (non-hydrogen) atoms. The van der Waals surface area contributed by atoms with Crippen molar-refractivity contribution in [3.8, 4) is 0 Å². The Balaban J connectivity index is 1.80. The van der Waals surface area contributed by atoms with E-state index >= 15 is 0 Å². The summed E-state index contributed by atoms with van der Waals surface area (Å²) in [7, 11) is 0. The van der Waals surface area contributed by atoms with Gasteiger partial charge in [-0.05, 0) is 13.8 Å². The van der Waals surface area contributed by atoms with Gasteiger partial charge in [0.25, 0.3) is 0 Å². The van der Waals surface area contributed by atoms with E-state index in [4.69, 9.17) is 37.9 Å². The molecule has 0 aromatic rings. The fourth-order valence-corrected chi connectivity index (χ4v) is 4.06. The van der Waals surface area contributed by atoms with E-state index < -0.39 is 73.1 Å². The summed E-state index contributed by atoms with van der Waals surface area (Å²) in [5.41, 5.74) is 0. The largest absolute Gasteiger partial charge is 0.458 e. The van der Waals surface area contributed by atoms with E-state index in [1.807, 2.05) is 0 Å². The van der Waals surface area contributed by atoms with Gasteiger partial charge in [0.15, 0.2) is 24.8 Å². The molecule has 2 saturated heterocycles. The molecular formula is C24H36O12. The monoisotopic (exact) mass is 516 g/mol. The van der Waals surface area contributed by atoms with E-state index in [-0.39, 0.29) is 26.1 Å². The highest BCUT2D eigenvalue weighted by Gasteiger charge is 2.42. The number of rotatable bonds is 10. The average molecular weight is 517 g/mol. The lowest BCUT2D eigenvalue weighted by Crippen LogP contribution is -2.51. The van der Waals surface area contributed by atoms with Crippen molar-refractivity contribution in [3.63, 3.8) is 0 Å². The van der Waals surface area contributed by atoms with Crippen molar-refractivity contribution in [1.29, 1.82) is 0 Å². The van der Waals surface area contributed by atoms with Gasteiger partial charge in [0.05, 0.1) is 25.4 Å². The number of carbonyl (C=O) groups excluding carboxylic acids is 4. The predicted octanol–water partition coefficient (Wildman–Crippen LogP) is 1.57. The van der Waals surface area contributed by atoms with E-state index in [2.05, 4.69) is 0 Å². The van der Waals surface area contributed by atoms with Crippen LogP contribution in [0.25, 0.3) is 0 Å². The summed E-state index contributed by atoms with van der Waals surface area (Å²) in [5, 5.41) is 0. The normalized spacial score (nSPS) is 32.5. The topological polar surface area (TPSA) is 142 Å². The van der Waals surface area contributed by atoms with Gasteiger partial charge in [0.2, 0.25) is 0 Å². The van der Waals surface area contributed by atoms with Crippen molar-refractivity contribution in [3.05, 3.63) is 12.2 Å². The number of hydrogen-bond acceptors (Lipinski definition) is 12. The second-order valence-electron chi connectivity index (χ2n) is 8.59. The molecule has 0 amide bonds. The Labute approximate surface area is 210 Å². The molecule has 8 atom stereocenters. The highest BCUT2D eigenvalue weighted by atomic mass is 16.7. The zero-order valence-corrected chi connectivity index (χ0v) is 21.5. The van der Waals surface area contributed by atoms with Crippen LogP contribution in [0, 0.1) is 0 Å². The van der Waals surface area contributed by atoms with E-state index in [1.54, 1.807) is 26.0 Å². The third-order valence-corrected chi connectivity index (χ3v) is 5.40. The number of hydrogen-bond donors (Lipinski definition) is 0. The fourth-order valence-electron chi connectivity index (χ4n) is 4.06. The molecule has 2 aliphatic heterocycles. The summed E-state index contributed by atoms with van der Waals surface area (Å²) >= 11 is 0. The molecule has 0 bridgehead atoms. The molecule has 0 unspecified atom stereocenters. The Morgan fingerprint density at radius 1 is 0.639 bits per heavy atom. The number of carbonyl (C=O) groups is 4. The van der Waals surface area contributed by atoms with Crippen LogP contribution in [0.2, 0.25) is 0 Å². The van der Waals surface area contributed by atoms with Gasteiger partial charge in [-0.25, -0.2) is 0 Å². The molecule has 0 saturated carbocycles. The molecule has 2 rings (SSSR count). The fraction of sp³-hybridized carbons (Fsp3) is 0.750. The van der Waals surface area contributed by atoms with Crippen LogP contribution >= 0.6 is 0 Å². The summed E-state index contributed by atoms with van der Waals surface area (Å²) in [5.74, 6) is -1.97. The van der Waals surface area contributed by atoms with E-state index in [1.165, 1.54) is 27.7 Å². The van der Waals surface area contributed by atoms with Crippen molar-refractivity contribution in [2.24, 2.45) is 0 Å². The van der Waals surface area contributed by atoms with Crippen LogP contribution in [0.5, 0.6) is 0 Å². The first-order valence-electron chi connectivity index (χ1n) is 11.8. The number of esters is 4. The van der Waals surface area contributed by atoms with Gasteiger partial charge in [0.1, 0.15) is 12.2 Å². The zero-order chi connectivity index (χ0) is 26.8. The van der Waals surface area contributed by atoms with Crippen LogP contribution in [0.3, 0.4) is 0 Å². The van der Waals surface area contributed by atoms with Gasteiger partial charge in [-0.1, -0.05) is 12.2 Å². The third kappa shape index (κ3) is 9.84. The Morgan fingerprint density at radius 2 is 0.972 bits per heavy atom. The SMILES string of the molecule is CC(=O)O[C@H]1[C@H](C)O[C@@H](OC/C=C/CO[C@H]2C[C@H](OC(C)=O)[C@@H](OC(C)=O)[C@H](C)O2)C[C@@H]1OC(C)=O. The minimum Gasteiger partial charge on any atom is -0.458 e. The third-order valence-electron chi connectivity index (χ3n) is 5.40. The molecule has 204 valence electrons. The molecule has 0 N–H and O–H groups in total. The Hall–Kier alpha value is -2.54. The number of ether oxygens (including phenoxy) is 8. The van der Waals surface area contributed by atoms with Crippen LogP contribution in [0.15, 0.2) is 12.2 Å². The first-order valence-corrected chi connectivity index (χ1v) is 11.8. The average Bonchev–Trinajstić information content (AvgIpc) is 2.74. The van der Waals surface area contributed by atoms with Crippen molar-refractivity contribution >= 4 is 23.9 Å². The molecule has 2 heterocycles. The zero-order valence-electron chi connectivity index (χ0n) is 21.5. The van der Waals surface area contributed by atoms with Gasteiger partial charge >= 0.3 is 23.9 Å². The van der Waals surface area contributed by atoms with Crippen molar-refractivity contribution in [1.82, 2.24) is 0 Å². The predicted molar refractivity (Wildman–Crippen MR) is 121 cm³/mol. The van der Waals surface area contributed by atoms with E-state index in [9.17, 15) is 19.2 Å². The molecule has 0 aromatic carbocycles. The maximum Gasteiger partial charge on any atom is 0.303 e. The van der Waals surface area contributed by atoms with Crippen LogP contribution in [-0.2, 0) is 57.1 Å². The highest BCUT2D eigenvalue weighted by Crippen LogP contribution is 2.27. The van der Waals surface area contributed by atoms with Gasteiger partial charge in [-0.2, -0.15) is 0 Å². The summed E-state index contributed by atoms with van der Waals surface area (Å²) in [4.78, 5) is 45.7. The highest BCUT2D eigenvalue weighted by molar-refractivity contribution is 5.68. The minimum atomic E-state index is -0.718. The second kappa shape index (κ2) is 14.3. The van der Waals surface area contributed by atoms with E-state index in [0.29, 0.717) is 0 Å².